The van der Waals surface area contributed by atoms with E-state index >= 15 is 0 Å². The molecule has 1 fully saturated rings. The van der Waals surface area contributed by atoms with E-state index in [-0.39, 0.29) is 11.3 Å². The topological polar surface area (TPSA) is 57.6 Å². The number of aliphatic carboxylic acids is 1. The number of amides is 1. The number of halogens is 1. The summed E-state index contributed by atoms with van der Waals surface area (Å²) in [7, 11) is 0. The van der Waals surface area contributed by atoms with Crippen LogP contribution in [0.25, 0.3) is 0 Å². The third-order valence-corrected chi connectivity index (χ3v) is 5.03. The maximum atomic E-state index is 12.5. The molecule has 1 aromatic carbocycles. The highest BCUT2D eigenvalue weighted by molar-refractivity contribution is 9.10. The maximum absolute atomic E-state index is 12.5. The molecule has 1 aromatic rings. The molecule has 1 N–H and O–H groups in total. The van der Waals surface area contributed by atoms with Gasteiger partial charge in [-0.25, -0.2) is 4.79 Å². The van der Waals surface area contributed by atoms with Crippen molar-refractivity contribution in [1.29, 1.82) is 0 Å². The lowest BCUT2D eigenvalue weighted by Gasteiger charge is -2.26. The van der Waals surface area contributed by atoms with Gasteiger partial charge in [0.2, 0.25) is 0 Å². The van der Waals surface area contributed by atoms with Crippen molar-refractivity contribution in [3.8, 4) is 0 Å². The fourth-order valence-electron chi connectivity index (χ4n) is 2.08. The molecular formula is C13H14BrNO3S. The molecule has 1 saturated heterocycles. The molecule has 2 rings (SSSR count). The van der Waals surface area contributed by atoms with Crippen molar-refractivity contribution in [2.24, 2.45) is 0 Å². The molecule has 1 aliphatic heterocycles. The van der Waals surface area contributed by atoms with E-state index in [9.17, 15) is 14.7 Å². The van der Waals surface area contributed by atoms with Gasteiger partial charge in [-0.1, -0.05) is 22.9 Å². The molecule has 1 heterocycles. The number of rotatable bonds is 3. The summed E-state index contributed by atoms with van der Waals surface area (Å²) >= 11 is 4.84. The van der Waals surface area contributed by atoms with Gasteiger partial charge in [-0.15, -0.1) is 11.8 Å². The van der Waals surface area contributed by atoms with Crippen LogP contribution < -0.4 is 0 Å². The zero-order valence-corrected chi connectivity index (χ0v) is 12.8. The molecule has 1 aliphatic rings. The molecule has 0 aromatic heterocycles. The molecule has 4 nitrogen and oxygen atoms in total. The minimum Gasteiger partial charge on any atom is -0.480 e. The van der Waals surface area contributed by atoms with Gasteiger partial charge >= 0.3 is 5.97 Å². The second-order valence-electron chi connectivity index (χ2n) is 4.27. The van der Waals surface area contributed by atoms with Crippen LogP contribution in [0.5, 0.6) is 0 Å². The minimum absolute atomic E-state index is 0.0581. The summed E-state index contributed by atoms with van der Waals surface area (Å²) in [5.74, 6) is -0.693. The largest absolute Gasteiger partial charge is 0.480 e. The number of carbonyl (C=O) groups excluding carboxylic acids is 1. The second-order valence-corrected chi connectivity index (χ2v) is 6.40. The third kappa shape index (κ3) is 2.95. The first-order valence-corrected chi connectivity index (χ1v) is 7.81. The number of thioether (sulfide) groups is 1. The summed E-state index contributed by atoms with van der Waals surface area (Å²) in [6.07, 6.45) is 0.747. The first kappa shape index (κ1) is 14.4. The van der Waals surface area contributed by atoms with Crippen molar-refractivity contribution in [3.05, 3.63) is 34.3 Å². The van der Waals surface area contributed by atoms with Crippen LogP contribution in [0.1, 0.15) is 23.7 Å². The molecule has 0 bridgehead atoms. The fourth-order valence-corrected chi connectivity index (χ4v) is 3.69. The molecule has 0 saturated carbocycles. The number of carbonyl (C=O) groups is 2. The average Bonchev–Trinajstić information content (AvgIpc) is 2.82. The van der Waals surface area contributed by atoms with Crippen molar-refractivity contribution < 1.29 is 14.7 Å². The lowest BCUT2D eigenvalue weighted by molar-refractivity contribution is -0.141. The van der Waals surface area contributed by atoms with Crippen molar-refractivity contribution in [2.45, 2.75) is 24.8 Å². The summed E-state index contributed by atoms with van der Waals surface area (Å²) in [5.41, 5.74) is 0.524. The summed E-state index contributed by atoms with van der Waals surface area (Å²) in [5, 5.41) is 9.16. The Hall–Kier alpha value is -1.01. The number of benzene rings is 1. The van der Waals surface area contributed by atoms with E-state index in [0.717, 1.165) is 10.9 Å². The lowest BCUT2D eigenvalue weighted by atomic mass is 10.1. The summed E-state index contributed by atoms with van der Waals surface area (Å²) in [4.78, 5) is 25.2. The Labute approximate surface area is 124 Å². The average molecular weight is 344 g/mol. The molecule has 0 spiro atoms. The van der Waals surface area contributed by atoms with E-state index in [1.54, 1.807) is 24.3 Å². The first-order valence-electron chi connectivity index (χ1n) is 5.97. The van der Waals surface area contributed by atoms with Gasteiger partial charge in [0.1, 0.15) is 6.04 Å². The Kier molecular flexibility index (Phi) is 4.52. The molecule has 2 atom stereocenters. The number of carboxylic acids is 1. The number of carboxylic acid groups (broad SMARTS) is 1. The monoisotopic (exact) mass is 343 g/mol. The molecule has 1 amide bonds. The zero-order valence-electron chi connectivity index (χ0n) is 10.4. The fraction of sp³-hybridized carbons (Fsp3) is 0.385. The van der Waals surface area contributed by atoms with Crippen LogP contribution in [0.4, 0.5) is 0 Å². The van der Waals surface area contributed by atoms with Gasteiger partial charge in [-0.2, -0.15) is 0 Å². The van der Waals surface area contributed by atoms with Crippen molar-refractivity contribution in [3.63, 3.8) is 0 Å². The van der Waals surface area contributed by atoms with Crippen molar-refractivity contribution in [1.82, 2.24) is 4.90 Å². The Morgan fingerprint density at radius 3 is 2.58 bits per heavy atom. The van der Waals surface area contributed by atoms with E-state index in [2.05, 4.69) is 15.9 Å². The van der Waals surface area contributed by atoms with Gasteiger partial charge in [0.25, 0.3) is 5.91 Å². The van der Waals surface area contributed by atoms with Crippen LogP contribution in [-0.2, 0) is 4.79 Å². The normalized spacial score (nSPS) is 22.5. The maximum Gasteiger partial charge on any atom is 0.327 e. The highest BCUT2D eigenvalue weighted by Gasteiger charge is 2.40. The second kappa shape index (κ2) is 5.96. The summed E-state index contributed by atoms with van der Waals surface area (Å²) < 4.78 is 0.890. The van der Waals surface area contributed by atoms with Gasteiger partial charge < -0.3 is 10.0 Å². The zero-order chi connectivity index (χ0) is 14.0. The number of nitrogens with zero attached hydrogens (tertiary/aromatic N) is 1. The highest BCUT2D eigenvalue weighted by atomic mass is 79.9. The smallest absolute Gasteiger partial charge is 0.327 e. The van der Waals surface area contributed by atoms with Gasteiger partial charge in [0, 0.05) is 15.8 Å². The molecule has 0 radical (unpaired) electrons. The van der Waals surface area contributed by atoms with Gasteiger partial charge in [-0.05, 0) is 30.7 Å². The van der Waals surface area contributed by atoms with Crippen LogP contribution in [0.3, 0.4) is 0 Å². The number of hydrogen-bond donors (Lipinski definition) is 1. The standard InChI is InChI=1S/C13H14BrNO3S/c1-2-11-15(10(7-19-11)13(17)18)12(16)8-3-5-9(14)6-4-8/h3-6,10-11H,2,7H2,1H3,(H,17,18). The molecular weight excluding hydrogens is 330 g/mol. The molecule has 6 heteroatoms. The molecule has 2 unspecified atom stereocenters. The van der Waals surface area contributed by atoms with Crippen molar-refractivity contribution in [2.75, 3.05) is 5.75 Å². The predicted octanol–water partition coefficient (Wildman–Crippen LogP) is 2.83. The van der Waals surface area contributed by atoms with E-state index in [4.69, 9.17) is 0 Å². The third-order valence-electron chi connectivity index (χ3n) is 3.05. The quantitative estimate of drug-likeness (QED) is 0.916. The lowest BCUT2D eigenvalue weighted by Crippen LogP contribution is -2.45. The molecule has 0 aliphatic carbocycles. The van der Waals surface area contributed by atoms with Crippen LogP contribution >= 0.6 is 27.7 Å². The summed E-state index contributed by atoms with van der Waals surface area (Å²) in [6.45, 7) is 1.96. The Balaban J connectivity index is 2.28. The van der Waals surface area contributed by atoms with Gasteiger partial charge in [0.05, 0.1) is 5.37 Å². The first-order chi connectivity index (χ1) is 9.04. The van der Waals surface area contributed by atoms with Crippen LogP contribution in [0.15, 0.2) is 28.7 Å². The van der Waals surface area contributed by atoms with Crippen molar-refractivity contribution >= 4 is 39.6 Å². The van der Waals surface area contributed by atoms with E-state index < -0.39 is 12.0 Å². The Bertz CT molecular complexity index is 491. The van der Waals surface area contributed by atoms with E-state index in [1.165, 1.54) is 16.7 Å². The van der Waals surface area contributed by atoms with Crippen LogP contribution in [-0.4, -0.2) is 39.1 Å². The van der Waals surface area contributed by atoms with Gasteiger partial charge in [-0.3, -0.25) is 4.79 Å². The van der Waals surface area contributed by atoms with Gasteiger partial charge in [0.15, 0.2) is 0 Å². The Morgan fingerprint density at radius 1 is 1.42 bits per heavy atom. The molecule has 19 heavy (non-hydrogen) atoms. The van der Waals surface area contributed by atoms with Crippen LogP contribution in [0, 0.1) is 0 Å². The van der Waals surface area contributed by atoms with Crippen LogP contribution in [0.2, 0.25) is 0 Å². The highest BCUT2D eigenvalue weighted by Crippen LogP contribution is 2.32. The van der Waals surface area contributed by atoms with E-state index in [1.807, 2.05) is 6.92 Å². The van der Waals surface area contributed by atoms with E-state index in [0.29, 0.717) is 11.3 Å². The summed E-state index contributed by atoms with van der Waals surface area (Å²) in [6, 6.07) is 6.26. The number of hydrogen-bond acceptors (Lipinski definition) is 3. The Morgan fingerprint density at radius 2 is 2.05 bits per heavy atom. The molecule has 102 valence electrons. The minimum atomic E-state index is -0.936. The predicted molar refractivity (Wildman–Crippen MR) is 78.3 cm³/mol. The SMILES string of the molecule is CCC1SCC(C(=O)O)N1C(=O)c1ccc(Br)cc1.